The topological polar surface area (TPSA) is 177 Å². The lowest BCUT2D eigenvalue weighted by Gasteiger charge is -2.19. The van der Waals surface area contributed by atoms with Crippen molar-refractivity contribution in [2.75, 3.05) is 25.6 Å². The third-order valence-electron chi connectivity index (χ3n) is 12.1. The van der Waals surface area contributed by atoms with E-state index in [1.165, 1.54) is 142 Å². The Morgan fingerprint density at radius 3 is 1.78 bits per heavy atom. The molecule has 0 radical (unpaired) electrons. The zero-order chi connectivity index (χ0) is 52.6. The van der Waals surface area contributed by atoms with Crippen LogP contribution in [0.1, 0.15) is 11.4 Å². The third kappa shape index (κ3) is 9.83. The fourth-order valence-corrected chi connectivity index (χ4v) is 10.9. The van der Waals surface area contributed by atoms with Gasteiger partial charge in [0.2, 0.25) is 0 Å². The number of hydrogen-bond acceptors (Lipinski definition) is 12. The number of nitrogens with zero attached hydrogens (tertiary/aromatic N) is 5. The third-order valence-corrected chi connectivity index (χ3v) is 15.5. The van der Waals surface area contributed by atoms with Crippen LogP contribution in [0.2, 0.25) is 0 Å². The second-order valence-corrected chi connectivity index (χ2v) is 20.8. The number of fused-ring (bicyclic) bond motifs is 2. The fourth-order valence-electron chi connectivity index (χ4n) is 8.46. The molecule has 10 rings (SSSR count). The number of methoxy groups -OCH3 is 2. The molecule has 20 heteroatoms. The summed E-state index contributed by atoms with van der Waals surface area (Å²) >= 11 is 0. The molecule has 10 aromatic rings. The van der Waals surface area contributed by atoms with Crippen molar-refractivity contribution in [3.05, 3.63) is 191 Å². The molecule has 0 saturated heterocycles. The number of sulfonamides is 1. The molecule has 74 heavy (non-hydrogen) atoms. The molecular weight excluding hydrogens is 1000 g/mol. The van der Waals surface area contributed by atoms with Crippen LogP contribution in [0.5, 0.6) is 11.5 Å². The average molecular weight is 1040 g/mol. The normalized spacial score (nSPS) is 11.6. The quantitative estimate of drug-likeness (QED) is 0.106. The Hall–Kier alpha value is -8.62. The minimum atomic E-state index is -4.03. The number of sulfone groups is 1. The maximum atomic E-state index is 15.4. The van der Waals surface area contributed by atoms with Gasteiger partial charge in [-0.3, -0.25) is 14.1 Å². The first-order chi connectivity index (χ1) is 35.4. The van der Waals surface area contributed by atoms with E-state index in [4.69, 9.17) is 18.5 Å². The molecule has 0 saturated carbocycles. The van der Waals surface area contributed by atoms with E-state index in [1.807, 2.05) is 0 Å². The SMILES string of the molecule is COc1cc(-c2cccc(F)c2)c(F)cc1-c1c2ccc(S(=O)(=O)N(C)c3ccon3)cc2cc(=O)n1C.COc1cc(-c2cccc(F)c2)c(F)cc1-c1nc(C)cc2cc(S(=O)(=O)Cc3ccon3)ccc12. The molecule has 4 heterocycles. The lowest BCUT2D eigenvalue weighted by Crippen LogP contribution is -2.27. The van der Waals surface area contributed by atoms with Crippen molar-refractivity contribution in [2.45, 2.75) is 22.5 Å². The van der Waals surface area contributed by atoms with E-state index in [-0.39, 0.29) is 43.8 Å². The lowest BCUT2D eigenvalue weighted by molar-refractivity contribution is 0.413. The van der Waals surface area contributed by atoms with E-state index in [9.17, 15) is 30.4 Å². The molecule has 0 spiro atoms. The average Bonchev–Trinajstić information content (AvgIpc) is 4.12. The molecule has 376 valence electrons. The van der Waals surface area contributed by atoms with Crippen LogP contribution in [0.3, 0.4) is 0 Å². The van der Waals surface area contributed by atoms with Gasteiger partial charge in [-0.2, -0.15) is 0 Å². The van der Waals surface area contributed by atoms with Crippen LogP contribution >= 0.6 is 0 Å². The Kier molecular flexibility index (Phi) is 13.7. The lowest BCUT2D eigenvalue weighted by atomic mass is 9.98. The largest absolute Gasteiger partial charge is 0.496 e. The first kappa shape index (κ1) is 50.3. The van der Waals surface area contributed by atoms with Crippen molar-refractivity contribution >= 4 is 47.2 Å². The summed E-state index contributed by atoms with van der Waals surface area (Å²) in [4.78, 5) is 17.6. The number of hydrogen-bond donors (Lipinski definition) is 0. The van der Waals surface area contributed by atoms with E-state index >= 15 is 8.78 Å². The Bertz CT molecular complexity index is 4080. The number of aromatic nitrogens is 4. The van der Waals surface area contributed by atoms with Gasteiger partial charge in [0.05, 0.1) is 41.1 Å². The smallest absolute Gasteiger partial charge is 0.265 e. The van der Waals surface area contributed by atoms with Crippen molar-refractivity contribution in [1.82, 2.24) is 19.9 Å². The van der Waals surface area contributed by atoms with Crippen LogP contribution in [0, 0.1) is 30.2 Å². The van der Waals surface area contributed by atoms with Crippen molar-refractivity contribution in [3.63, 3.8) is 0 Å². The first-order valence-corrected chi connectivity index (χ1v) is 25.3. The second-order valence-electron chi connectivity index (χ2n) is 16.8. The molecule has 0 unspecified atom stereocenters. The van der Waals surface area contributed by atoms with Gasteiger partial charge in [0.15, 0.2) is 15.7 Å². The summed E-state index contributed by atoms with van der Waals surface area (Å²) in [5.41, 5.74) is 2.91. The van der Waals surface area contributed by atoms with Crippen molar-refractivity contribution in [3.8, 4) is 56.3 Å². The van der Waals surface area contributed by atoms with Crippen LogP contribution in [-0.2, 0) is 32.7 Å². The molecule has 0 aliphatic heterocycles. The number of pyridine rings is 2. The molecule has 4 aromatic heterocycles. The van der Waals surface area contributed by atoms with Gasteiger partial charge < -0.3 is 23.1 Å². The van der Waals surface area contributed by atoms with Crippen molar-refractivity contribution < 1.29 is 52.9 Å². The maximum absolute atomic E-state index is 15.4. The highest BCUT2D eigenvalue weighted by molar-refractivity contribution is 7.92. The van der Waals surface area contributed by atoms with E-state index in [0.717, 1.165) is 4.31 Å². The van der Waals surface area contributed by atoms with E-state index < -0.39 is 48.7 Å². The molecule has 0 fully saturated rings. The predicted octanol–water partition coefficient (Wildman–Crippen LogP) is 11.1. The molecule has 6 aromatic carbocycles. The highest BCUT2D eigenvalue weighted by Gasteiger charge is 2.26. The molecular formula is C54H41F4N5O9S2. The first-order valence-electron chi connectivity index (χ1n) is 22.2. The van der Waals surface area contributed by atoms with Gasteiger partial charge in [-0.05, 0) is 108 Å². The van der Waals surface area contributed by atoms with E-state index in [0.29, 0.717) is 66.8 Å². The van der Waals surface area contributed by atoms with E-state index in [2.05, 4.69) is 15.3 Å². The molecule has 14 nitrogen and oxygen atoms in total. The summed E-state index contributed by atoms with van der Waals surface area (Å²) in [5.74, 6) is -1.82. The van der Waals surface area contributed by atoms with Crippen LogP contribution in [-0.4, -0.2) is 58.0 Å². The summed E-state index contributed by atoms with van der Waals surface area (Å²) in [7, 11) is -1.99. The molecule has 0 aliphatic carbocycles. The monoisotopic (exact) mass is 1040 g/mol. The van der Waals surface area contributed by atoms with Crippen molar-refractivity contribution in [1.29, 1.82) is 0 Å². The van der Waals surface area contributed by atoms with Gasteiger partial charge in [-0.15, -0.1) is 0 Å². The molecule has 0 N–H and O–H groups in total. The fraction of sp³-hybridized carbons (Fsp3) is 0.111. The molecule has 0 amide bonds. The highest BCUT2D eigenvalue weighted by Crippen LogP contribution is 2.41. The van der Waals surface area contributed by atoms with Crippen LogP contribution in [0.25, 0.3) is 66.3 Å². The highest BCUT2D eigenvalue weighted by atomic mass is 32.2. The minimum Gasteiger partial charge on any atom is -0.496 e. The van der Waals surface area contributed by atoms with Crippen LogP contribution in [0.15, 0.2) is 170 Å². The Morgan fingerprint density at radius 1 is 0.622 bits per heavy atom. The van der Waals surface area contributed by atoms with Gasteiger partial charge in [0, 0.05) is 71.0 Å². The van der Waals surface area contributed by atoms with Gasteiger partial charge in [-0.1, -0.05) is 46.7 Å². The number of anilines is 1. The van der Waals surface area contributed by atoms with Gasteiger partial charge in [0.1, 0.15) is 53.0 Å². The Balaban J connectivity index is 0.000000182. The van der Waals surface area contributed by atoms with Crippen LogP contribution < -0.4 is 19.3 Å². The van der Waals surface area contributed by atoms with Gasteiger partial charge >= 0.3 is 0 Å². The molecule has 0 bridgehead atoms. The predicted molar refractivity (Wildman–Crippen MR) is 270 cm³/mol. The van der Waals surface area contributed by atoms with Crippen LogP contribution in [0.4, 0.5) is 23.4 Å². The molecule has 0 aliphatic rings. The Labute approximate surface area is 420 Å². The number of benzene rings is 6. The summed E-state index contributed by atoms with van der Waals surface area (Å²) in [5, 5.41) is 9.41. The number of aryl methyl sites for hydroxylation is 1. The number of halogens is 4. The summed E-state index contributed by atoms with van der Waals surface area (Å²) < 4.78 is 133. The van der Waals surface area contributed by atoms with Gasteiger partial charge in [0.25, 0.3) is 15.6 Å². The van der Waals surface area contributed by atoms with Crippen molar-refractivity contribution in [2.24, 2.45) is 7.05 Å². The zero-order valence-corrected chi connectivity index (χ0v) is 41.4. The second kappa shape index (κ2) is 20.1. The summed E-state index contributed by atoms with van der Waals surface area (Å²) in [6, 6.07) is 31.6. The summed E-state index contributed by atoms with van der Waals surface area (Å²) in [6.45, 7) is 1.77. The van der Waals surface area contributed by atoms with E-state index in [1.54, 1.807) is 43.3 Å². The number of rotatable bonds is 12. The Morgan fingerprint density at radius 2 is 1.19 bits per heavy atom. The number of ether oxygens (including phenoxy) is 2. The zero-order valence-electron chi connectivity index (χ0n) is 39.8. The standard InChI is InChI=1S/C27H21F2N3O5S.C27H20F2N2O4S/c1-31-26(33)13-17-12-19(38(34,35)32(2)25-9-10-37-30-25)7-8-20(17)27(31)22-14-23(29)21(15-24(22)36-3)16-5-4-6-18(28)11-16;1-16-10-18-12-21(36(32,33)15-20-8-9-35-31-20)6-7-22(18)27(30-16)24-13-25(29)23(14-26(24)34-2)17-4-3-5-19(28)11-17/h4-15H,1-3H3;3-14H,15H2,1-2H3. The van der Waals surface area contributed by atoms with Gasteiger partial charge in [-0.25, -0.2) is 34.4 Å². The maximum Gasteiger partial charge on any atom is 0.265 e. The molecule has 0 atom stereocenters. The summed E-state index contributed by atoms with van der Waals surface area (Å²) in [6.07, 6.45) is 2.57. The minimum absolute atomic E-state index is 0.0747.